The van der Waals surface area contributed by atoms with E-state index in [1.165, 1.54) is 6.92 Å². The second-order valence-corrected chi connectivity index (χ2v) is 6.82. The normalized spacial score (nSPS) is 19.9. The molecule has 0 aliphatic carbocycles. The summed E-state index contributed by atoms with van der Waals surface area (Å²) in [7, 11) is 0. The van der Waals surface area contributed by atoms with Gasteiger partial charge in [0.2, 0.25) is 0 Å². The molecule has 3 rings (SSSR count). The van der Waals surface area contributed by atoms with Crippen LogP contribution in [0.2, 0.25) is 0 Å². The van der Waals surface area contributed by atoms with Gasteiger partial charge in [0.25, 0.3) is 11.8 Å². The van der Waals surface area contributed by atoms with Crippen molar-refractivity contribution in [2.24, 2.45) is 0 Å². The number of hydrogen-bond acceptors (Lipinski definition) is 7. The lowest BCUT2D eigenvalue weighted by molar-refractivity contribution is -0.153. The third-order valence-electron chi connectivity index (χ3n) is 4.68. The predicted octanol–water partition coefficient (Wildman–Crippen LogP) is 0.382. The van der Waals surface area contributed by atoms with E-state index in [9.17, 15) is 19.2 Å². The predicted molar refractivity (Wildman–Crippen MR) is 103 cm³/mol. The largest absolute Gasteiger partial charge is 0.453 e. The van der Waals surface area contributed by atoms with Gasteiger partial charge in [-0.25, -0.2) is 4.79 Å². The molecule has 4 amide bonds. The Labute approximate surface area is 167 Å². The molecule has 2 atom stereocenters. The molecule has 2 fully saturated rings. The van der Waals surface area contributed by atoms with Crippen molar-refractivity contribution >= 4 is 35.2 Å². The van der Waals surface area contributed by atoms with Gasteiger partial charge in [0.05, 0.1) is 13.2 Å². The van der Waals surface area contributed by atoms with Crippen LogP contribution >= 0.6 is 0 Å². The number of imide groups is 1. The Morgan fingerprint density at radius 1 is 1.24 bits per heavy atom. The Hall–Kier alpha value is -3.14. The molecule has 0 spiro atoms. The van der Waals surface area contributed by atoms with Crippen LogP contribution in [-0.4, -0.2) is 62.3 Å². The molecule has 156 valence electrons. The van der Waals surface area contributed by atoms with Crippen LogP contribution in [-0.2, 0) is 23.9 Å². The van der Waals surface area contributed by atoms with Gasteiger partial charge in [-0.3, -0.25) is 19.7 Å². The van der Waals surface area contributed by atoms with Crippen molar-refractivity contribution in [3.05, 3.63) is 24.3 Å². The lowest BCUT2D eigenvalue weighted by Crippen LogP contribution is -2.36. The second kappa shape index (κ2) is 9.37. The number of ether oxygens (including phenoxy) is 2. The van der Waals surface area contributed by atoms with Crippen LogP contribution in [0.15, 0.2) is 24.3 Å². The summed E-state index contributed by atoms with van der Waals surface area (Å²) in [4.78, 5) is 48.8. The summed E-state index contributed by atoms with van der Waals surface area (Å²) in [5.41, 5.74) is 1.65. The van der Waals surface area contributed by atoms with Crippen molar-refractivity contribution in [3.8, 4) is 0 Å². The highest BCUT2D eigenvalue weighted by molar-refractivity contribution is 6.04. The summed E-state index contributed by atoms with van der Waals surface area (Å²) in [6, 6.07) is 6.07. The van der Waals surface area contributed by atoms with Gasteiger partial charge in [0, 0.05) is 30.9 Å². The molecule has 3 N–H and O–H groups in total. The number of hydrogen-bond donors (Lipinski definition) is 3. The first-order chi connectivity index (χ1) is 13.9. The van der Waals surface area contributed by atoms with Crippen LogP contribution in [0.4, 0.5) is 16.2 Å². The molecule has 0 unspecified atom stereocenters. The first kappa shape index (κ1) is 20.6. The van der Waals surface area contributed by atoms with Crippen LogP contribution in [0.1, 0.15) is 19.8 Å². The van der Waals surface area contributed by atoms with Gasteiger partial charge < -0.3 is 25.0 Å². The highest BCUT2D eigenvalue weighted by atomic mass is 16.5. The molecule has 0 aromatic heterocycles. The van der Waals surface area contributed by atoms with Gasteiger partial charge in [-0.05, 0) is 37.6 Å². The average molecular weight is 404 g/mol. The molecule has 0 bridgehead atoms. The summed E-state index contributed by atoms with van der Waals surface area (Å²) in [6.07, 6.45) is -0.980. The number of esters is 1. The fraction of sp³-hybridized carbons (Fsp3) is 0.474. The van der Waals surface area contributed by atoms with Gasteiger partial charge in [-0.2, -0.15) is 0 Å². The van der Waals surface area contributed by atoms with Gasteiger partial charge in [-0.1, -0.05) is 0 Å². The molecule has 2 saturated heterocycles. The highest BCUT2D eigenvalue weighted by Crippen LogP contribution is 2.19. The van der Waals surface area contributed by atoms with E-state index in [1.54, 1.807) is 12.1 Å². The number of carbonyl (C=O) groups excluding carboxylic acids is 4. The number of urea groups is 1. The van der Waals surface area contributed by atoms with E-state index in [1.807, 2.05) is 12.1 Å². The van der Waals surface area contributed by atoms with Crippen molar-refractivity contribution in [3.63, 3.8) is 0 Å². The second-order valence-electron chi connectivity index (χ2n) is 6.82. The van der Waals surface area contributed by atoms with Crippen LogP contribution in [0.3, 0.4) is 0 Å². The quantitative estimate of drug-likeness (QED) is 0.443. The topological polar surface area (TPSA) is 126 Å². The Bertz CT molecular complexity index is 775. The minimum absolute atomic E-state index is 0.0930. The molecule has 1 aromatic carbocycles. The summed E-state index contributed by atoms with van der Waals surface area (Å²) >= 11 is 0. The van der Waals surface area contributed by atoms with E-state index >= 15 is 0 Å². The zero-order valence-electron chi connectivity index (χ0n) is 16.1. The number of nitrogens with zero attached hydrogens (tertiary/aromatic N) is 1. The van der Waals surface area contributed by atoms with Crippen molar-refractivity contribution in [1.29, 1.82) is 0 Å². The molecular weight excluding hydrogens is 380 g/mol. The van der Waals surface area contributed by atoms with Crippen LogP contribution in [0.25, 0.3) is 0 Å². The lowest BCUT2D eigenvalue weighted by atomic mass is 10.1. The molecular formula is C19H24N4O6. The molecule has 10 nitrogen and oxygen atoms in total. The molecule has 29 heavy (non-hydrogen) atoms. The van der Waals surface area contributed by atoms with Gasteiger partial charge in [-0.15, -0.1) is 0 Å². The third kappa shape index (κ3) is 5.67. The van der Waals surface area contributed by atoms with E-state index in [2.05, 4.69) is 20.9 Å². The fourth-order valence-corrected chi connectivity index (χ4v) is 3.05. The zero-order chi connectivity index (χ0) is 20.8. The minimum Gasteiger partial charge on any atom is -0.453 e. The standard InChI is InChI=1S/C19H24N4O6/c1-12(29-16(24)7-6-15-18(26)22-19(27)21-15)17(25)20-13-2-4-14(5-3-13)23-8-10-28-11-9-23/h2-5,12,15H,6-11H2,1H3,(H,20,25)(H2,21,22,26,27)/t12-,15-/m0/s1. The fourth-order valence-electron chi connectivity index (χ4n) is 3.05. The van der Waals surface area contributed by atoms with Crippen LogP contribution in [0, 0.1) is 0 Å². The summed E-state index contributed by atoms with van der Waals surface area (Å²) in [5, 5.41) is 7.19. The van der Waals surface area contributed by atoms with E-state index in [0.29, 0.717) is 18.9 Å². The molecule has 2 heterocycles. The van der Waals surface area contributed by atoms with Crippen molar-refractivity contribution in [1.82, 2.24) is 10.6 Å². The van der Waals surface area contributed by atoms with Crippen molar-refractivity contribution in [2.75, 3.05) is 36.5 Å². The Morgan fingerprint density at radius 3 is 2.55 bits per heavy atom. The summed E-state index contributed by atoms with van der Waals surface area (Å²) in [6.45, 7) is 4.51. The third-order valence-corrected chi connectivity index (χ3v) is 4.68. The number of morpholine rings is 1. The minimum atomic E-state index is -0.992. The lowest BCUT2D eigenvalue weighted by Gasteiger charge is -2.28. The Balaban J connectivity index is 1.43. The molecule has 10 heteroatoms. The first-order valence-electron chi connectivity index (χ1n) is 9.47. The number of carbonyl (C=O) groups is 4. The number of benzene rings is 1. The molecule has 0 saturated carbocycles. The van der Waals surface area contributed by atoms with Crippen LogP contribution in [0.5, 0.6) is 0 Å². The van der Waals surface area contributed by atoms with E-state index in [4.69, 9.17) is 9.47 Å². The van der Waals surface area contributed by atoms with E-state index < -0.39 is 36.0 Å². The summed E-state index contributed by atoms with van der Waals surface area (Å²) < 4.78 is 10.4. The highest BCUT2D eigenvalue weighted by Gasteiger charge is 2.30. The molecule has 2 aliphatic rings. The SMILES string of the molecule is C[C@H](OC(=O)CC[C@@H]1NC(=O)NC1=O)C(=O)Nc1ccc(N2CCOCC2)cc1. The van der Waals surface area contributed by atoms with Crippen molar-refractivity contribution < 1.29 is 28.7 Å². The molecule has 0 radical (unpaired) electrons. The summed E-state index contributed by atoms with van der Waals surface area (Å²) in [5.74, 6) is -1.55. The average Bonchev–Trinajstić information content (AvgIpc) is 3.04. The van der Waals surface area contributed by atoms with Gasteiger partial charge >= 0.3 is 12.0 Å². The van der Waals surface area contributed by atoms with E-state index in [-0.39, 0.29) is 12.8 Å². The van der Waals surface area contributed by atoms with E-state index in [0.717, 1.165) is 18.8 Å². The van der Waals surface area contributed by atoms with Gasteiger partial charge in [0.1, 0.15) is 6.04 Å². The molecule has 2 aliphatic heterocycles. The van der Waals surface area contributed by atoms with Gasteiger partial charge in [0.15, 0.2) is 6.10 Å². The number of amides is 4. The Kier molecular flexibility index (Phi) is 6.65. The maximum atomic E-state index is 12.3. The maximum absolute atomic E-state index is 12.3. The maximum Gasteiger partial charge on any atom is 0.322 e. The first-order valence-corrected chi connectivity index (χ1v) is 9.47. The molecule has 1 aromatic rings. The smallest absolute Gasteiger partial charge is 0.322 e. The zero-order valence-corrected chi connectivity index (χ0v) is 16.1. The number of nitrogens with one attached hydrogen (secondary N) is 3. The number of rotatable bonds is 7. The Morgan fingerprint density at radius 2 is 1.93 bits per heavy atom. The monoisotopic (exact) mass is 404 g/mol. The number of anilines is 2. The van der Waals surface area contributed by atoms with Crippen molar-refractivity contribution in [2.45, 2.75) is 31.9 Å². The van der Waals surface area contributed by atoms with Crippen LogP contribution < -0.4 is 20.9 Å².